The van der Waals surface area contributed by atoms with Crippen LogP contribution in [0.4, 0.5) is 0 Å². The van der Waals surface area contributed by atoms with Crippen molar-refractivity contribution in [1.82, 2.24) is 0 Å². The lowest BCUT2D eigenvalue weighted by molar-refractivity contribution is -0.151. The van der Waals surface area contributed by atoms with Crippen LogP contribution in [0.25, 0.3) is 0 Å². The van der Waals surface area contributed by atoms with Crippen LogP contribution in [0, 0.1) is 0 Å². The maximum atomic E-state index is 11.3. The number of phenols is 3. The summed E-state index contributed by atoms with van der Waals surface area (Å²) in [4.78, 5) is 0. The molecule has 9 heteroatoms. The SMILES string of the molecule is COc1cc(C[C@@H](O)[C@H]2C[C@H](O)[C@@H](c3ccc(O)c(OC)c3)[C@H](c3ccc(O)c(OC)c3)O2)ccc1O. The molecule has 37 heavy (non-hydrogen) atoms. The fourth-order valence-corrected chi connectivity index (χ4v) is 4.84. The number of methoxy groups -OCH3 is 3. The van der Waals surface area contributed by atoms with E-state index in [-0.39, 0.29) is 41.6 Å². The van der Waals surface area contributed by atoms with Crippen molar-refractivity contribution >= 4 is 0 Å². The molecule has 3 aromatic rings. The smallest absolute Gasteiger partial charge is 0.160 e. The van der Waals surface area contributed by atoms with Crippen molar-refractivity contribution in [2.45, 2.75) is 43.2 Å². The van der Waals surface area contributed by atoms with Crippen LogP contribution in [-0.2, 0) is 11.2 Å². The quantitative estimate of drug-likeness (QED) is 0.307. The van der Waals surface area contributed by atoms with Crippen LogP contribution < -0.4 is 14.2 Å². The Labute approximate surface area is 215 Å². The predicted octanol–water partition coefficient (Wildman–Crippen LogP) is 3.41. The molecule has 0 spiro atoms. The van der Waals surface area contributed by atoms with Crippen molar-refractivity contribution in [3.63, 3.8) is 0 Å². The van der Waals surface area contributed by atoms with E-state index in [1.807, 2.05) is 0 Å². The van der Waals surface area contributed by atoms with Gasteiger partial charge in [0.2, 0.25) is 0 Å². The molecule has 0 aliphatic carbocycles. The van der Waals surface area contributed by atoms with Crippen LogP contribution in [0.3, 0.4) is 0 Å². The highest BCUT2D eigenvalue weighted by atomic mass is 16.5. The van der Waals surface area contributed by atoms with E-state index in [1.54, 1.807) is 36.4 Å². The number of benzene rings is 3. The summed E-state index contributed by atoms with van der Waals surface area (Å²) < 4.78 is 22.1. The van der Waals surface area contributed by atoms with E-state index in [2.05, 4.69) is 0 Å². The Bertz CT molecular complexity index is 1230. The molecule has 0 unspecified atom stereocenters. The average molecular weight is 513 g/mol. The van der Waals surface area contributed by atoms with Gasteiger partial charge >= 0.3 is 0 Å². The summed E-state index contributed by atoms with van der Waals surface area (Å²) in [6.07, 6.45) is -2.98. The molecule has 0 saturated carbocycles. The molecule has 1 fully saturated rings. The monoisotopic (exact) mass is 512 g/mol. The van der Waals surface area contributed by atoms with Crippen LogP contribution >= 0.6 is 0 Å². The van der Waals surface area contributed by atoms with Crippen LogP contribution in [0.5, 0.6) is 34.5 Å². The van der Waals surface area contributed by atoms with Gasteiger partial charge < -0.3 is 44.5 Å². The zero-order chi connectivity index (χ0) is 26.7. The van der Waals surface area contributed by atoms with Crippen LogP contribution in [0.1, 0.15) is 35.1 Å². The Balaban J connectivity index is 1.68. The first-order valence-corrected chi connectivity index (χ1v) is 11.9. The Morgan fingerprint density at radius 2 is 1.30 bits per heavy atom. The van der Waals surface area contributed by atoms with Crippen LogP contribution in [0.2, 0.25) is 0 Å². The standard InChI is InChI=1S/C28H32O9/c1-34-23-11-15(4-7-18(23)29)10-21(32)26-14-22(33)27(16-5-8-19(30)24(12-16)35-2)28(37-26)17-6-9-20(31)25(13-17)36-3/h4-9,11-13,21-22,26-33H,10,14H2,1-3H3/t21-,22+,26-,27-,28+/m1/s1. The Kier molecular flexibility index (Phi) is 7.97. The molecule has 0 radical (unpaired) electrons. The number of aliphatic hydroxyl groups excluding tert-OH is 2. The molecule has 1 aliphatic rings. The normalized spacial score (nSPS) is 22.3. The minimum Gasteiger partial charge on any atom is -0.504 e. The third kappa shape index (κ3) is 5.53. The highest BCUT2D eigenvalue weighted by Gasteiger charge is 2.42. The zero-order valence-electron chi connectivity index (χ0n) is 20.9. The van der Waals surface area contributed by atoms with E-state index in [0.29, 0.717) is 16.9 Å². The van der Waals surface area contributed by atoms with E-state index in [0.717, 1.165) is 5.56 Å². The summed E-state index contributed by atoms with van der Waals surface area (Å²) in [7, 11) is 4.33. The number of hydrogen-bond donors (Lipinski definition) is 5. The molecular weight excluding hydrogens is 480 g/mol. The maximum absolute atomic E-state index is 11.3. The molecule has 0 bridgehead atoms. The molecule has 4 rings (SSSR count). The Morgan fingerprint density at radius 3 is 1.89 bits per heavy atom. The summed E-state index contributed by atoms with van der Waals surface area (Å²) in [5.74, 6) is 0.164. The van der Waals surface area contributed by atoms with Crippen molar-refractivity contribution in [3.05, 3.63) is 71.3 Å². The maximum Gasteiger partial charge on any atom is 0.160 e. The number of hydrogen-bond acceptors (Lipinski definition) is 9. The van der Waals surface area contributed by atoms with Crippen molar-refractivity contribution < 1.29 is 44.5 Å². The Morgan fingerprint density at radius 1 is 0.784 bits per heavy atom. The molecule has 0 amide bonds. The minimum atomic E-state index is -0.972. The van der Waals surface area contributed by atoms with Gasteiger partial charge in [-0.2, -0.15) is 0 Å². The number of ether oxygens (including phenoxy) is 4. The predicted molar refractivity (Wildman–Crippen MR) is 135 cm³/mol. The number of aromatic hydroxyl groups is 3. The van der Waals surface area contributed by atoms with Gasteiger partial charge in [-0.05, 0) is 53.1 Å². The Hall–Kier alpha value is -3.66. The van der Waals surface area contributed by atoms with Crippen molar-refractivity contribution in [2.75, 3.05) is 21.3 Å². The third-order valence-electron chi connectivity index (χ3n) is 6.78. The van der Waals surface area contributed by atoms with Gasteiger partial charge in [0.25, 0.3) is 0 Å². The second-order valence-electron chi connectivity index (χ2n) is 9.06. The molecule has 3 aromatic carbocycles. The largest absolute Gasteiger partial charge is 0.504 e. The topological polar surface area (TPSA) is 138 Å². The molecule has 5 atom stereocenters. The van der Waals surface area contributed by atoms with Gasteiger partial charge in [0.15, 0.2) is 34.5 Å². The first kappa shape index (κ1) is 26.4. The second kappa shape index (κ2) is 11.2. The summed E-state index contributed by atoms with van der Waals surface area (Å²) in [6.45, 7) is 0. The molecule has 9 nitrogen and oxygen atoms in total. The third-order valence-corrected chi connectivity index (χ3v) is 6.78. The van der Waals surface area contributed by atoms with E-state index in [1.165, 1.54) is 39.5 Å². The lowest BCUT2D eigenvalue weighted by Gasteiger charge is -2.42. The molecule has 1 aliphatic heterocycles. The minimum absolute atomic E-state index is 0.00131. The summed E-state index contributed by atoms with van der Waals surface area (Å²) >= 11 is 0. The lowest BCUT2D eigenvalue weighted by atomic mass is 9.79. The summed E-state index contributed by atoms with van der Waals surface area (Å²) in [5, 5.41) is 52.5. The fourth-order valence-electron chi connectivity index (χ4n) is 4.84. The number of phenolic OH excluding ortho intramolecular Hbond substituents is 3. The van der Waals surface area contributed by atoms with Crippen molar-refractivity contribution in [3.8, 4) is 34.5 Å². The van der Waals surface area contributed by atoms with Crippen LogP contribution in [0.15, 0.2) is 54.6 Å². The molecule has 1 saturated heterocycles. The molecule has 5 N–H and O–H groups in total. The molecule has 0 aromatic heterocycles. The van der Waals surface area contributed by atoms with Gasteiger partial charge in [0.1, 0.15) is 0 Å². The van der Waals surface area contributed by atoms with Gasteiger partial charge in [-0.25, -0.2) is 0 Å². The molecule has 1 heterocycles. The zero-order valence-corrected chi connectivity index (χ0v) is 20.9. The van der Waals surface area contributed by atoms with Gasteiger partial charge in [0, 0.05) is 18.8 Å². The van der Waals surface area contributed by atoms with Crippen molar-refractivity contribution in [1.29, 1.82) is 0 Å². The molecule has 198 valence electrons. The van der Waals surface area contributed by atoms with E-state index >= 15 is 0 Å². The highest BCUT2D eigenvalue weighted by molar-refractivity contribution is 5.47. The first-order chi connectivity index (χ1) is 17.7. The fraction of sp³-hybridized carbons (Fsp3) is 0.357. The average Bonchev–Trinajstić information content (AvgIpc) is 2.90. The summed E-state index contributed by atoms with van der Waals surface area (Å²) in [5.41, 5.74) is 2.04. The van der Waals surface area contributed by atoms with Gasteiger partial charge in [-0.15, -0.1) is 0 Å². The van der Waals surface area contributed by atoms with Gasteiger partial charge in [0.05, 0.1) is 45.7 Å². The van der Waals surface area contributed by atoms with Gasteiger partial charge in [-0.3, -0.25) is 0 Å². The first-order valence-electron chi connectivity index (χ1n) is 11.9. The van der Waals surface area contributed by atoms with Crippen LogP contribution in [-0.4, -0.2) is 65.2 Å². The van der Waals surface area contributed by atoms with E-state index in [4.69, 9.17) is 18.9 Å². The summed E-state index contributed by atoms with van der Waals surface area (Å²) in [6, 6.07) is 14.5. The molecular formula is C28H32O9. The van der Waals surface area contributed by atoms with E-state index in [9.17, 15) is 25.5 Å². The number of aliphatic hydroxyl groups is 2. The number of rotatable bonds is 8. The second-order valence-corrected chi connectivity index (χ2v) is 9.06. The van der Waals surface area contributed by atoms with Gasteiger partial charge in [-0.1, -0.05) is 18.2 Å². The highest BCUT2D eigenvalue weighted by Crippen LogP contribution is 2.47. The lowest BCUT2D eigenvalue weighted by Crippen LogP contribution is -2.44. The van der Waals surface area contributed by atoms with Crippen molar-refractivity contribution in [2.24, 2.45) is 0 Å². The van der Waals surface area contributed by atoms with E-state index < -0.39 is 30.3 Å².